The van der Waals surface area contributed by atoms with Crippen LogP contribution in [0.15, 0.2) is 60.9 Å². The highest BCUT2D eigenvalue weighted by Gasteiger charge is 2.47. The van der Waals surface area contributed by atoms with Crippen LogP contribution in [-0.2, 0) is 28.3 Å². The molecule has 4 rings (SSSR count). The molecule has 3 nitrogen and oxygen atoms in total. The number of hydrogen-bond acceptors (Lipinski definition) is 3. The second-order valence-electron chi connectivity index (χ2n) is 9.52. The number of hydrogen-bond donors (Lipinski definition) is 0. The van der Waals surface area contributed by atoms with Crippen molar-refractivity contribution in [2.45, 2.75) is 37.4 Å². The Morgan fingerprint density at radius 3 is 1.16 bits per heavy atom. The molecule has 2 unspecified atom stereocenters. The van der Waals surface area contributed by atoms with Gasteiger partial charge in [-0.05, 0) is 50.2 Å². The van der Waals surface area contributed by atoms with Gasteiger partial charge in [0.05, 0.1) is 32.6 Å². The topological polar surface area (TPSA) is 35.0 Å². The van der Waals surface area contributed by atoms with Crippen LogP contribution >= 0.6 is 69.6 Å². The molecule has 2 heterocycles. The fourth-order valence-electron chi connectivity index (χ4n) is 4.51. The minimum absolute atomic E-state index is 0.00351. The van der Waals surface area contributed by atoms with E-state index in [1.54, 1.807) is 0 Å². The second kappa shape index (κ2) is 12.1. The maximum Gasteiger partial charge on any atom is 0.417 e. The summed E-state index contributed by atoms with van der Waals surface area (Å²) in [5.74, 6) is 0. The number of ether oxygens (including phenoxy) is 1. The first-order valence-corrected chi connectivity index (χ1v) is 14.1. The summed E-state index contributed by atoms with van der Waals surface area (Å²) in [5.41, 5.74) is -6.35. The number of halogens is 12. The average molecular weight is 723 g/mol. The summed E-state index contributed by atoms with van der Waals surface area (Å²) in [5, 5.41) is -0.469. The van der Waals surface area contributed by atoms with Gasteiger partial charge in [-0.25, -0.2) is 0 Å². The molecule has 0 saturated carbocycles. The quantitative estimate of drug-likeness (QED) is 0.186. The van der Waals surface area contributed by atoms with Gasteiger partial charge in [0.2, 0.25) is 0 Å². The smallest absolute Gasteiger partial charge is 0.347 e. The zero-order valence-corrected chi connectivity index (χ0v) is 26.1. The highest BCUT2D eigenvalue weighted by atomic mass is 35.5. The predicted octanol–water partition coefficient (Wildman–Crippen LogP) is 11.7. The number of rotatable bonds is 6. The maximum atomic E-state index is 13.5. The zero-order chi connectivity index (χ0) is 32.1. The van der Waals surface area contributed by atoms with E-state index in [0.717, 1.165) is 0 Å². The lowest BCUT2D eigenvalue weighted by Gasteiger charge is -2.42. The minimum Gasteiger partial charge on any atom is -0.347 e. The van der Waals surface area contributed by atoms with E-state index >= 15 is 0 Å². The van der Waals surface area contributed by atoms with Crippen molar-refractivity contribution in [1.29, 1.82) is 0 Å². The van der Waals surface area contributed by atoms with E-state index in [0.29, 0.717) is 24.5 Å². The first kappa shape index (κ1) is 33.9. The van der Waals surface area contributed by atoms with Crippen molar-refractivity contribution in [3.63, 3.8) is 0 Å². The lowest BCUT2D eigenvalue weighted by Crippen LogP contribution is -2.41. The average Bonchev–Trinajstić information content (AvgIpc) is 2.87. The van der Waals surface area contributed by atoms with E-state index in [-0.39, 0.29) is 42.6 Å². The van der Waals surface area contributed by atoms with E-state index in [1.807, 2.05) is 0 Å². The summed E-state index contributed by atoms with van der Waals surface area (Å²) >= 11 is 38.2. The van der Waals surface area contributed by atoms with Crippen LogP contribution in [-0.4, -0.2) is 9.97 Å². The third-order valence-electron chi connectivity index (χ3n) is 6.54. The first-order chi connectivity index (χ1) is 19.8. The lowest BCUT2D eigenvalue weighted by atomic mass is 9.86. The van der Waals surface area contributed by atoms with Crippen molar-refractivity contribution < 1.29 is 31.1 Å². The van der Waals surface area contributed by atoms with E-state index in [4.69, 9.17) is 74.3 Å². The van der Waals surface area contributed by atoms with Crippen molar-refractivity contribution >= 4 is 69.6 Å². The monoisotopic (exact) mass is 720 g/mol. The number of aromatic nitrogens is 2. The van der Waals surface area contributed by atoms with Gasteiger partial charge in [0, 0.05) is 43.6 Å². The number of pyridine rings is 2. The summed E-state index contributed by atoms with van der Waals surface area (Å²) in [6.45, 7) is 2.81. The maximum absolute atomic E-state index is 13.5. The van der Waals surface area contributed by atoms with E-state index in [9.17, 15) is 26.3 Å². The van der Waals surface area contributed by atoms with Crippen molar-refractivity contribution in [3.8, 4) is 0 Å². The number of alkyl halides is 6. The molecule has 2 atom stereocenters. The normalized spacial score (nSPS) is 15.2. The highest BCUT2D eigenvalue weighted by molar-refractivity contribution is 6.36. The Labute approximate surface area is 271 Å². The van der Waals surface area contributed by atoms with E-state index < -0.39 is 44.7 Å². The van der Waals surface area contributed by atoms with Gasteiger partial charge in [-0.2, -0.15) is 26.3 Å². The van der Waals surface area contributed by atoms with Gasteiger partial charge in [-0.3, -0.25) is 9.97 Å². The fraction of sp³-hybridized carbons (Fsp3) is 0.214. The summed E-state index contributed by atoms with van der Waals surface area (Å²) in [7, 11) is 0. The summed E-state index contributed by atoms with van der Waals surface area (Å²) in [4.78, 5) is 8.02. The predicted molar refractivity (Wildman–Crippen MR) is 155 cm³/mol. The van der Waals surface area contributed by atoms with Crippen LogP contribution in [0.25, 0.3) is 0 Å². The van der Waals surface area contributed by atoms with Gasteiger partial charge in [0.1, 0.15) is 11.2 Å². The van der Waals surface area contributed by atoms with E-state index in [2.05, 4.69) is 9.97 Å². The van der Waals surface area contributed by atoms with Gasteiger partial charge in [0.15, 0.2) is 0 Å². The minimum atomic E-state index is -4.77. The van der Waals surface area contributed by atoms with Crippen molar-refractivity contribution in [1.82, 2.24) is 9.97 Å². The molecular weight excluding hydrogens is 707 g/mol. The SMILES string of the molecule is CC(OC(C)(c1ccc(Cl)cc1Cl)c1ncc(C(F)(F)F)cc1Cl)(c1ccc(Cl)cc1Cl)c1ncc(C(F)(F)F)cc1Cl. The van der Waals surface area contributed by atoms with Crippen molar-refractivity contribution in [3.05, 3.63) is 125 Å². The Balaban J connectivity index is 2.06. The molecule has 0 spiro atoms. The molecule has 0 aliphatic rings. The molecule has 0 amide bonds. The molecule has 0 fully saturated rings. The molecule has 0 bridgehead atoms. The molecule has 43 heavy (non-hydrogen) atoms. The number of nitrogens with zero attached hydrogens (tertiary/aromatic N) is 2. The Morgan fingerprint density at radius 2 is 0.884 bits per heavy atom. The van der Waals surface area contributed by atoms with Gasteiger partial charge in [0.25, 0.3) is 0 Å². The summed E-state index contributed by atoms with van der Waals surface area (Å²) < 4.78 is 87.6. The largest absolute Gasteiger partial charge is 0.417 e. The van der Waals surface area contributed by atoms with Gasteiger partial charge < -0.3 is 4.74 Å². The van der Waals surface area contributed by atoms with Crippen LogP contribution in [0.4, 0.5) is 26.3 Å². The molecule has 15 heteroatoms. The van der Waals surface area contributed by atoms with E-state index in [1.165, 1.54) is 50.2 Å². The molecule has 0 saturated heterocycles. The Morgan fingerprint density at radius 1 is 0.535 bits per heavy atom. The lowest BCUT2D eigenvalue weighted by molar-refractivity contribution is -0.138. The molecule has 0 radical (unpaired) electrons. The number of benzene rings is 2. The Hall–Kier alpha value is -1.98. The molecule has 4 aromatic rings. The third-order valence-corrected chi connectivity index (χ3v) is 8.21. The van der Waals surface area contributed by atoms with Crippen LogP contribution in [0.5, 0.6) is 0 Å². The van der Waals surface area contributed by atoms with Gasteiger partial charge in [-0.1, -0.05) is 81.7 Å². The van der Waals surface area contributed by atoms with Crippen molar-refractivity contribution in [2.75, 3.05) is 0 Å². The van der Waals surface area contributed by atoms with Crippen LogP contribution < -0.4 is 0 Å². The fourth-order valence-corrected chi connectivity index (χ4v) is 6.38. The highest BCUT2D eigenvalue weighted by Crippen LogP contribution is 2.50. The summed E-state index contributed by atoms with van der Waals surface area (Å²) in [6.07, 6.45) is -8.42. The van der Waals surface area contributed by atoms with Gasteiger partial charge >= 0.3 is 12.4 Å². The van der Waals surface area contributed by atoms with Crippen molar-refractivity contribution in [2.24, 2.45) is 0 Å². The van der Waals surface area contributed by atoms with Crippen LogP contribution in [0, 0.1) is 0 Å². The molecule has 2 aromatic carbocycles. The van der Waals surface area contributed by atoms with Gasteiger partial charge in [-0.15, -0.1) is 0 Å². The molecule has 0 aliphatic carbocycles. The second-order valence-corrected chi connectivity index (χ2v) is 12.0. The zero-order valence-electron chi connectivity index (χ0n) is 21.6. The molecular formula is C28H16Cl6F6N2O. The first-order valence-electron chi connectivity index (χ1n) is 11.8. The van der Waals surface area contributed by atoms with Crippen LogP contribution in [0.3, 0.4) is 0 Å². The van der Waals surface area contributed by atoms with Crippen LogP contribution in [0.1, 0.15) is 47.5 Å². The third kappa shape index (κ3) is 6.83. The van der Waals surface area contributed by atoms with Crippen LogP contribution in [0.2, 0.25) is 30.1 Å². The Kier molecular flexibility index (Phi) is 9.53. The Bertz CT molecular complexity index is 1580. The molecule has 2 aromatic heterocycles. The molecule has 228 valence electrons. The summed E-state index contributed by atoms with van der Waals surface area (Å²) in [6, 6.07) is 9.78. The molecule has 0 N–H and O–H groups in total. The standard InChI is InChI=1S/C28H16Cl6F6N2O/c1-25(17-5-3-15(29)9-19(17)31,23-21(33)7-13(11-41-23)27(35,36)37)43-26(2,18-6-4-16(30)10-20(18)32)24-22(34)8-14(12-42-24)28(38,39)40/h3-12H,1-2H3. The molecule has 0 aliphatic heterocycles.